The molecule has 2 aliphatic heterocycles. The summed E-state index contributed by atoms with van der Waals surface area (Å²) in [6.45, 7) is 3.11. The van der Waals surface area contributed by atoms with Crippen molar-refractivity contribution in [3.8, 4) is 11.6 Å². The second-order valence-corrected chi connectivity index (χ2v) is 7.37. The van der Waals surface area contributed by atoms with Crippen LogP contribution >= 0.6 is 0 Å². The van der Waals surface area contributed by atoms with Crippen LogP contribution in [0.2, 0.25) is 0 Å². The van der Waals surface area contributed by atoms with Crippen LogP contribution in [0.25, 0.3) is 10.9 Å². The number of aryl methyl sites for hydroxylation is 1. The summed E-state index contributed by atoms with van der Waals surface area (Å²) in [6, 6.07) is 5.51. The number of nitrogen functional groups attached to an aromatic ring is 1. The zero-order valence-corrected chi connectivity index (χ0v) is 16.8. The van der Waals surface area contributed by atoms with E-state index in [9.17, 15) is 0 Å². The van der Waals surface area contributed by atoms with E-state index < -0.39 is 0 Å². The lowest BCUT2D eigenvalue weighted by Crippen LogP contribution is -2.32. The van der Waals surface area contributed by atoms with Crippen molar-refractivity contribution in [2.75, 3.05) is 31.4 Å². The van der Waals surface area contributed by atoms with Crippen molar-refractivity contribution in [1.82, 2.24) is 15.0 Å². The third-order valence-corrected chi connectivity index (χ3v) is 5.56. The summed E-state index contributed by atoms with van der Waals surface area (Å²) in [4.78, 5) is 13.2. The van der Waals surface area contributed by atoms with Crippen LogP contribution in [-0.4, -0.2) is 53.6 Å². The topological polar surface area (TPSA) is 114 Å². The molecule has 3 N–H and O–H groups in total. The maximum absolute atomic E-state index is 6.19. The Kier molecular flexibility index (Phi) is 4.76. The van der Waals surface area contributed by atoms with Crippen LogP contribution in [0.4, 0.5) is 17.2 Å². The third kappa shape index (κ3) is 3.16. The van der Waals surface area contributed by atoms with E-state index in [0.717, 1.165) is 22.9 Å². The molecule has 2 saturated heterocycles. The molecule has 1 aromatic carbocycles. The first-order valence-electron chi connectivity index (χ1n) is 9.85. The van der Waals surface area contributed by atoms with Crippen molar-refractivity contribution in [1.29, 1.82) is 0 Å². The Hall–Kier alpha value is -3.17. The minimum absolute atomic E-state index is 0.0609. The number of hydrogen-bond donors (Lipinski definition) is 2. The molecular weight excluding hydrogens is 386 g/mol. The largest absolute Gasteiger partial charge is 0.494 e. The number of ether oxygens (including phenoxy) is 4. The van der Waals surface area contributed by atoms with Gasteiger partial charge in [0.05, 0.1) is 31.0 Å². The Bertz CT molecular complexity index is 1090. The fourth-order valence-electron chi connectivity index (χ4n) is 4.17. The van der Waals surface area contributed by atoms with Gasteiger partial charge in [0, 0.05) is 23.8 Å². The minimum Gasteiger partial charge on any atom is -0.494 e. The average Bonchev–Trinajstić information content (AvgIpc) is 3.35. The van der Waals surface area contributed by atoms with Crippen LogP contribution in [0, 0.1) is 6.92 Å². The number of pyridine rings is 1. The molecule has 0 amide bonds. The van der Waals surface area contributed by atoms with Gasteiger partial charge in [0.1, 0.15) is 29.7 Å². The maximum Gasteiger partial charge on any atom is 0.238 e. The predicted octanol–water partition coefficient (Wildman–Crippen LogP) is 2.60. The van der Waals surface area contributed by atoms with Gasteiger partial charge in [-0.05, 0) is 31.5 Å². The Morgan fingerprint density at radius 2 is 2.13 bits per heavy atom. The number of nitrogens with zero attached hydrogens (tertiary/aromatic N) is 3. The molecule has 0 bridgehead atoms. The summed E-state index contributed by atoms with van der Waals surface area (Å²) in [5.41, 5.74) is 8.90. The molecule has 3 atom stereocenters. The molecule has 5 rings (SSSR count). The molecular formula is C21H23N5O4. The monoisotopic (exact) mass is 409 g/mol. The Morgan fingerprint density at radius 3 is 3.00 bits per heavy atom. The highest BCUT2D eigenvalue weighted by Gasteiger charge is 2.43. The number of fused-ring (bicyclic) bond motifs is 2. The third-order valence-electron chi connectivity index (χ3n) is 5.56. The molecule has 0 spiro atoms. The predicted molar refractivity (Wildman–Crippen MR) is 111 cm³/mol. The van der Waals surface area contributed by atoms with Gasteiger partial charge in [0.25, 0.3) is 0 Å². The van der Waals surface area contributed by atoms with Crippen LogP contribution in [0.5, 0.6) is 11.6 Å². The lowest BCUT2D eigenvalue weighted by molar-refractivity contribution is 0.0293. The van der Waals surface area contributed by atoms with Gasteiger partial charge < -0.3 is 30.0 Å². The van der Waals surface area contributed by atoms with E-state index in [-0.39, 0.29) is 18.3 Å². The molecule has 1 unspecified atom stereocenters. The Morgan fingerprint density at radius 1 is 1.23 bits per heavy atom. The maximum atomic E-state index is 6.19. The van der Waals surface area contributed by atoms with Crippen molar-refractivity contribution in [2.45, 2.75) is 31.7 Å². The van der Waals surface area contributed by atoms with Gasteiger partial charge >= 0.3 is 0 Å². The first kappa shape index (κ1) is 18.8. The number of aromatic nitrogens is 3. The Labute approximate surface area is 173 Å². The standard InChI is InChI=1S/C21H23N5O4/c1-11-17-14(8-12(22)18(11)27-2)24-10-25-20(17)26-13-4-3-6-23-21(13)30-16-9-29-15-5-7-28-19(15)16/h3-4,6,8,10,15-16,19H,5,7,9,22H2,1-2H3,(H,24,25,26)/t15-,16?,19+/m1/s1. The van der Waals surface area contributed by atoms with Crippen molar-refractivity contribution < 1.29 is 18.9 Å². The molecule has 0 radical (unpaired) electrons. The molecule has 2 aliphatic rings. The van der Waals surface area contributed by atoms with Gasteiger partial charge in [-0.25, -0.2) is 15.0 Å². The molecule has 4 heterocycles. The van der Waals surface area contributed by atoms with Crippen molar-refractivity contribution >= 4 is 28.1 Å². The van der Waals surface area contributed by atoms with Crippen LogP contribution in [0.15, 0.2) is 30.7 Å². The van der Waals surface area contributed by atoms with Gasteiger partial charge in [-0.3, -0.25) is 0 Å². The van der Waals surface area contributed by atoms with E-state index in [4.69, 9.17) is 24.7 Å². The molecule has 0 saturated carbocycles. The lowest BCUT2D eigenvalue weighted by Gasteiger charge is -2.20. The molecule has 30 heavy (non-hydrogen) atoms. The van der Waals surface area contributed by atoms with Gasteiger partial charge in [-0.1, -0.05) is 0 Å². The van der Waals surface area contributed by atoms with Crippen LogP contribution in [-0.2, 0) is 9.47 Å². The van der Waals surface area contributed by atoms with E-state index in [1.165, 1.54) is 6.33 Å². The van der Waals surface area contributed by atoms with Gasteiger partial charge in [-0.15, -0.1) is 0 Å². The molecule has 9 nitrogen and oxygen atoms in total. The van der Waals surface area contributed by atoms with Gasteiger partial charge in [0.15, 0.2) is 6.10 Å². The number of anilines is 3. The first-order valence-corrected chi connectivity index (χ1v) is 9.85. The highest BCUT2D eigenvalue weighted by Crippen LogP contribution is 2.37. The number of nitrogens with one attached hydrogen (secondary N) is 1. The quantitative estimate of drug-likeness (QED) is 0.614. The average molecular weight is 409 g/mol. The highest BCUT2D eigenvalue weighted by molar-refractivity contribution is 5.97. The van der Waals surface area contributed by atoms with Crippen LogP contribution < -0.4 is 20.5 Å². The second kappa shape index (κ2) is 7.58. The SMILES string of the molecule is COc1c(N)cc2ncnc(Nc3cccnc3OC3CO[C@@H]4CCO[C@H]34)c2c1C. The summed E-state index contributed by atoms with van der Waals surface area (Å²) in [5.74, 6) is 1.69. The molecule has 0 aliphatic carbocycles. The van der Waals surface area contributed by atoms with Crippen molar-refractivity contribution in [3.63, 3.8) is 0 Å². The highest BCUT2D eigenvalue weighted by atomic mass is 16.6. The zero-order valence-electron chi connectivity index (χ0n) is 16.8. The van der Waals surface area contributed by atoms with Crippen LogP contribution in [0.3, 0.4) is 0 Å². The number of benzene rings is 1. The zero-order chi connectivity index (χ0) is 20.7. The van der Waals surface area contributed by atoms with E-state index in [1.807, 2.05) is 19.1 Å². The molecule has 2 aromatic heterocycles. The van der Waals surface area contributed by atoms with Gasteiger partial charge in [0.2, 0.25) is 5.88 Å². The van der Waals surface area contributed by atoms with E-state index in [0.29, 0.717) is 42.0 Å². The fourth-order valence-corrected chi connectivity index (χ4v) is 4.17. The summed E-state index contributed by atoms with van der Waals surface area (Å²) in [7, 11) is 1.59. The van der Waals surface area contributed by atoms with Crippen molar-refractivity contribution in [3.05, 3.63) is 36.3 Å². The second-order valence-electron chi connectivity index (χ2n) is 7.37. The van der Waals surface area contributed by atoms with Crippen LogP contribution in [0.1, 0.15) is 12.0 Å². The Balaban J connectivity index is 1.49. The van der Waals surface area contributed by atoms with Crippen molar-refractivity contribution in [2.24, 2.45) is 0 Å². The lowest BCUT2D eigenvalue weighted by atomic mass is 10.1. The summed E-state index contributed by atoms with van der Waals surface area (Å²) < 4.78 is 23.2. The summed E-state index contributed by atoms with van der Waals surface area (Å²) in [6.07, 6.45) is 3.92. The molecule has 3 aromatic rings. The smallest absolute Gasteiger partial charge is 0.238 e. The fraction of sp³-hybridized carbons (Fsp3) is 0.381. The number of rotatable bonds is 5. The molecule has 9 heteroatoms. The van der Waals surface area contributed by atoms with E-state index >= 15 is 0 Å². The van der Waals surface area contributed by atoms with Gasteiger partial charge in [-0.2, -0.15) is 0 Å². The first-order chi connectivity index (χ1) is 14.7. The van der Waals surface area contributed by atoms with E-state index in [2.05, 4.69) is 20.3 Å². The van der Waals surface area contributed by atoms with E-state index in [1.54, 1.807) is 19.4 Å². The number of nitrogens with two attached hydrogens (primary N) is 1. The molecule has 2 fully saturated rings. The number of methoxy groups -OCH3 is 1. The summed E-state index contributed by atoms with van der Waals surface area (Å²) >= 11 is 0. The normalized spacial score (nSPS) is 22.8. The summed E-state index contributed by atoms with van der Waals surface area (Å²) in [5, 5.41) is 4.17. The number of hydrogen-bond acceptors (Lipinski definition) is 9. The molecule has 156 valence electrons. The minimum atomic E-state index is -0.197.